The third-order valence-corrected chi connectivity index (χ3v) is 2.73. The van der Waals surface area contributed by atoms with E-state index >= 15 is 0 Å². The summed E-state index contributed by atoms with van der Waals surface area (Å²) >= 11 is 0. The van der Waals surface area contributed by atoms with Crippen LogP contribution in [0, 0.1) is 0 Å². The molecule has 6 heteroatoms. The largest absolute Gasteiger partial charge is 0.480 e. The van der Waals surface area contributed by atoms with Crippen LogP contribution in [0.15, 0.2) is 0 Å². The Morgan fingerprint density at radius 2 is 2.06 bits per heavy atom. The molecule has 0 aromatic heterocycles. The normalized spacial score (nSPS) is 19.1. The van der Waals surface area contributed by atoms with Crippen molar-refractivity contribution in [1.82, 2.24) is 4.90 Å². The Morgan fingerprint density at radius 1 is 1.47 bits per heavy atom. The van der Waals surface area contributed by atoms with Gasteiger partial charge in [0.25, 0.3) is 0 Å². The van der Waals surface area contributed by atoms with E-state index in [2.05, 4.69) is 0 Å². The summed E-state index contributed by atoms with van der Waals surface area (Å²) in [5, 5.41) is 8.48. The molecule has 1 saturated heterocycles. The SMILES string of the molecule is CC(N)CC(=O)N1CCC(OCC(=O)O)CC1. The van der Waals surface area contributed by atoms with Gasteiger partial charge in [-0.15, -0.1) is 0 Å². The number of hydrogen-bond donors (Lipinski definition) is 2. The molecule has 1 aliphatic rings. The predicted octanol–water partition coefficient (Wildman–Crippen LogP) is -0.184. The second kappa shape index (κ2) is 6.56. The Labute approximate surface area is 101 Å². The van der Waals surface area contributed by atoms with E-state index in [0.717, 1.165) is 0 Å². The summed E-state index contributed by atoms with van der Waals surface area (Å²) < 4.78 is 5.19. The van der Waals surface area contributed by atoms with E-state index in [0.29, 0.717) is 32.4 Å². The Hall–Kier alpha value is -1.14. The summed E-state index contributed by atoms with van der Waals surface area (Å²) in [4.78, 5) is 23.8. The van der Waals surface area contributed by atoms with Gasteiger partial charge >= 0.3 is 5.97 Å². The molecular weight excluding hydrogens is 224 g/mol. The van der Waals surface area contributed by atoms with E-state index < -0.39 is 5.97 Å². The molecule has 98 valence electrons. The van der Waals surface area contributed by atoms with Crippen molar-refractivity contribution in [3.05, 3.63) is 0 Å². The van der Waals surface area contributed by atoms with Crippen molar-refractivity contribution in [1.29, 1.82) is 0 Å². The van der Waals surface area contributed by atoms with Gasteiger partial charge in [-0.1, -0.05) is 0 Å². The van der Waals surface area contributed by atoms with Crippen molar-refractivity contribution in [3.63, 3.8) is 0 Å². The summed E-state index contributed by atoms with van der Waals surface area (Å²) in [6, 6.07) is -0.122. The Morgan fingerprint density at radius 3 is 2.53 bits per heavy atom. The molecule has 3 N–H and O–H groups in total. The smallest absolute Gasteiger partial charge is 0.329 e. The second-order valence-electron chi connectivity index (χ2n) is 4.47. The molecule has 0 aliphatic carbocycles. The Bertz CT molecular complexity index is 273. The number of aliphatic carboxylic acids is 1. The van der Waals surface area contributed by atoms with Gasteiger partial charge in [0.1, 0.15) is 6.61 Å². The van der Waals surface area contributed by atoms with Gasteiger partial charge in [0.05, 0.1) is 6.10 Å². The first-order valence-corrected chi connectivity index (χ1v) is 5.85. The van der Waals surface area contributed by atoms with E-state index in [4.69, 9.17) is 15.6 Å². The maximum atomic E-state index is 11.7. The minimum atomic E-state index is -0.958. The number of carboxylic acid groups (broad SMARTS) is 1. The fourth-order valence-corrected chi connectivity index (χ4v) is 1.87. The molecular formula is C11H20N2O4. The highest BCUT2D eigenvalue weighted by Gasteiger charge is 2.23. The number of nitrogens with zero attached hydrogens (tertiary/aromatic N) is 1. The topological polar surface area (TPSA) is 92.9 Å². The molecule has 0 aromatic rings. The second-order valence-corrected chi connectivity index (χ2v) is 4.47. The van der Waals surface area contributed by atoms with Crippen LogP contribution in [-0.2, 0) is 14.3 Å². The van der Waals surface area contributed by atoms with E-state index in [1.165, 1.54) is 0 Å². The fourth-order valence-electron chi connectivity index (χ4n) is 1.87. The average Bonchev–Trinajstić information content (AvgIpc) is 2.26. The van der Waals surface area contributed by atoms with Crippen LogP contribution in [0.1, 0.15) is 26.2 Å². The van der Waals surface area contributed by atoms with Gasteiger partial charge in [0.15, 0.2) is 0 Å². The maximum Gasteiger partial charge on any atom is 0.329 e. The van der Waals surface area contributed by atoms with Crippen LogP contribution < -0.4 is 5.73 Å². The van der Waals surface area contributed by atoms with Crippen molar-refractivity contribution >= 4 is 11.9 Å². The zero-order valence-corrected chi connectivity index (χ0v) is 10.1. The first-order chi connectivity index (χ1) is 7.99. The van der Waals surface area contributed by atoms with Crippen molar-refractivity contribution < 1.29 is 19.4 Å². The number of amides is 1. The molecule has 0 spiro atoms. The summed E-state index contributed by atoms with van der Waals surface area (Å²) in [6.45, 7) is 2.78. The van der Waals surface area contributed by atoms with Crippen LogP contribution in [0.5, 0.6) is 0 Å². The van der Waals surface area contributed by atoms with Crippen LogP contribution in [0.2, 0.25) is 0 Å². The Kier molecular flexibility index (Phi) is 5.37. The lowest BCUT2D eigenvalue weighted by atomic mass is 10.1. The number of piperidine rings is 1. The molecule has 1 unspecified atom stereocenters. The number of carbonyl (C=O) groups excluding carboxylic acids is 1. The molecule has 0 radical (unpaired) electrons. The van der Waals surface area contributed by atoms with Crippen LogP contribution in [-0.4, -0.2) is 53.7 Å². The van der Waals surface area contributed by atoms with E-state index in [9.17, 15) is 9.59 Å². The highest BCUT2D eigenvalue weighted by atomic mass is 16.5. The van der Waals surface area contributed by atoms with Crippen LogP contribution >= 0.6 is 0 Å². The van der Waals surface area contributed by atoms with Gasteiger partial charge in [0.2, 0.25) is 5.91 Å². The van der Waals surface area contributed by atoms with Gasteiger partial charge in [-0.05, 0) is 19.8 Å². The zero-order chi connectivity index (χ0) is 12.8. The minimum absolute atomic E-state index is 0.0505. The van der Waals surface area contributed by atoms with Crippen LogP contribution in [0.25, 0.3) is 0 Å². The average molecular weight is 244 g/mol. The summed E-state index contributed by atoms with van der Waals surface area (Å²) in [5.74, 6) is -0.892. The molecule has 0 aromatic carbocycles. The molecule has 1 heterocycles. The first-order valence-electron chi connectivity index (χ1n) is 5.85. The van der Waals surface area contributed by atoms with Crippen molar-refractivity contribution in [2.45, 2.75) is 38.3 Å². The monoisotopic (exact) mass is 244 g/mol. The molecule has 6 nitrogen and oxygen atoms in total. The highest BCUT2D eigenvalue weighted by Crippen LogP contribution is 2.14. The highest BCUT2D eigenvalue weighted by molar-refractivity contribution is 5.76. The van der Waals surface area contributed by atoms with E-state index in [1.54, 1.807) is 11.8 Å². The lowest BCUT2D eigenvalue weighted by Gasteiger charge is -2.32. The molecule has 1 atom stereocenters. The van der Waals surface area contributed by atoms with Crippen LogP contribution in [0.3, 0.4) is 0 Å². The minimum Gasteiger partial charge on any atom is -0.480 e. The quantitative estimate of drug-likeness (QED) is 0.699. The van der Waals surface area contributed by atoms with Gasteiger partial charge < -0.3 is 20.5 Å². The molecule has 1 amide bonds. The fraction of sp³-hybridized carbons (Fsp3) is 0.818. The zero-order valence-electron chi connectivity index (χ0n) is 10.1. The van der Waals surface area contributed by atoms with Crippen molar-refractivity contribution in [2.75, 3.05) is 19.7 Å². The van der Waals surface area contributed by atoms with Gasteiger partial charge in [-0.25, -0.2) is 4.79 Å². The number of hydrogen-bond acceptors (Lipinski definition) is 4. The molecule has 1 aliphatic heterocycles. The number of carbonyl (C=O) groups is 2. The van der Waals surface area contributed by atoms with Gasteiger partial charge in [0, 0.05) is 25.6 Å². The molecule has 1 rings (SSSR count). The van der Waals surface area contributed by atoms with E-state index in [-0.39, 0.29) is 24.7 Å². The van der Waals surface area contributed by atoms with Crippen molar-refractivity contribution in [2.24, 2.45) is 5.73 Å². The van der Waals surface area contributed by atoms with Crippen molar-refractivity contribution in [3.8, 4) is 0 Å². The molecule has 0 bridgehead atoms. The standard InChI is InChI=1S/C11H20N2O4/c1-8(12)6-10(14)13-4-2-9(3-5-13)17-7-11(15)16/h8-9H,2-7,12H2,1H3,(H,15,16). The third kappa shape index (κ3) is 5.14. The number of ether oxygens (including phenoxy) is 1. The Balaban J connectivity index is 2.25. The number of rotatable bonds is 5. The molecule has 1 fully saturated rings. The maximum absolute atomic E-state index is 11.7. The first kappa shape index (κ1) is 13.9. The lowest BCUT2D eigenvalue weighted by Crippen LogP contribution is -2.42. The molecule has 17 heavy (non-hydrogen) atoms. The summed E-state index contributed by atoms with van der Waals surface area (Å²) in [6.07, 6.45) is 1.70. The number of nitrogens with two attached hydrogens (primary N) is 1. The number of likely N-dealkylation sites (tertiary alicyclic amines) is 1. The summed E-state index contributed by atoms with van der Waals surface area (Å²) in [7, 11) is 0. The third-order valence-electron chi connectivity index (χ3n) is 2.73. The molecule has 0 saturated carbocycles. The lowest BCUT2D eigenvalue weighted by molar-refractivity contribution is -0.146. The van der Waals surface area contributed by atoms with Gasteiger partial charge in [-0.3, -0.25) is 4.79 Å². The van der Waals surface area contributed by atoms with Crippen LogP contribution in [0.4, 0.5) is 0 Å². The summed E-state index contributed by atoms with van der Waals surface area (Å²) in [5.41, 5.74) is 5.57. The predicted molar refractivity (Wildman–Crippen MR) is 61.5 cm³/mol. The van der Waals surface area contributed by atoms with Gasteiger partial charge in [-0.2, -0.15) is 0 Å². The van der Waals surface area contributed by atoms with E-state index in [1.807, 2.05) is 0 Å². The number of carboxylic acids is 1.